The highest BCUT2D eigenvalue weighted by atomic mass is 16.5. The molecule has 0 atom stereocenters. The predicted molar refractivity (Wildman–Crippen MR) is 109 cm³/mol. The van der Waals surface area contributed by atoms with Crippen LogP contribution >= 0.6 is 0 Å². The van der Waals surface area contributed by atoms with Gasteiger partial charge in [0.05, 0.1) is 6.54 Å². The van der Waals surface area contributed by atoms with E-state index in [1.807, 2.05) is 0 Å². The van der Waals surface area contributed by atoms with Gasteiger partial charge < -0.3 is 15.0 Å². The minimum Gasteiger partial charge on any atom is -0.381 e. The second kappa shape index (κ2) is 8.90. The van der Waals surface area contributed by atoms with Crippen molar-refractivity contribution >= 4 is 5.96 Å². The summed E-state index contributed by atoms with van der Waals surface area (Å²) < 4.78 is 5.48. The van der Waals surface area contributed by atoms with Crippen LogP contribution in [0.25, 0.3) is 0 Å². The summed E-state index contributed by atoms with van der Waals surface area (Å²) in [4.78, 5) is 7.35. The van der Waals surface area contributed by atoms with Crippen molar-refractivity contribution in [2.24, 2.45) is 10.9 Å². The van der Waals surface area contributed by atoms with Crippen molar-refractivity contribution in [3.8, 4) is 0 Å². The van der Waals surface area contributed by atoms with Gasteiger partial charge >= 0.3 is 0 Å². The van der Waals surface area contributed by atoms with Crippen LogP contribution in [0.3, 0.4) is 0 Å². The van der Waals surface area contributed by atoms with Crippen molar-refractivity contribution in [2.45, 2.75) is 51.4 Å². The summed E-state index contributed by atoms with van der Waals surface area (Å²) in [5, 5.41) is 3.49. The molecule has 144 valence electrons. The first-order valence-corrected chi connectivity index (χ1v) is 10.3. The highest BCUT2D eigenvalue weighted by Crippen LogP contribution is 2.49. The number of aliphatic imine (C=N–C) groups is 1. The van der Waals surface area contributed by atoms with E-state index in [-0.39, 0.29) is 5.41 Å². The Hall–Kier alpha value is -1.55. The van der Waals surface area contributed by atoms with Gasteiger partial charge in [-0.1, -0.05) is 24.3 Å². The third-order valence-corrected chi connectivity index (χ3v) is 6.01. The third-order valence-electron chi connectivity index (χ3n) is 6.01. The van der Waals surface area contributed by atoms with Gasteiger partial charge in [-0.25, -0.2) is 0 Å². The van der Waals surface area contributed by atoms with Crippen molar-refractivity contribution in [2.75, 3.05) is 39.9 Å². The Morgan fingerprint density at radius 3 is 2.65 bits per heavy atom. The van der Waals surface area contributed by atoms with Crippen molar-refractivity contribution in [1.82, 2.24) is 10.2 Å². The first-order valence-electron chi connectivity index (χ1n) is 10.3. The number of aryl methyl sites for hydroxylation is 1. The van der Waals surface area contributed by atoms with Gasteiger partial charge in [0.2, 0.25) is 0 Å². The maximum absolute atomic E-state index is 5.48. The molecular formula is C22H35N3O. The first kappa shape index (κ1) is 19.2. The van der Waals surface area contributed by atoms with E-state index < -0.39 is 0 Å². The van der Waals surface area contributed by atoms with Crippen LogP contribution in [0.15, 0.2) is 29.3 Å². The highest BCUT2D eigenvalue weighted by molar-refractivity contribution is 5.79. The van der Waals surface area contributed by atoms with Crippen LogP contribution in [0.2, 0.25) is 0 Å². The molecule has 0 spiro atoms. The van der Waals surface area contributed by atoms with E-state index in [4.69, 9.17) is 9.73 Å². The van der Waals surface area contributed by atoms with Crippen LogP contribution in [0.5, 0.6) is 0 Å². The van der Waals surface area contributed by atoms with Gasteiger partial charge in [-0.05, 0) is 63.0 Å². The summed E-state index contributed by atoms with van der Waals surface area (Å²) in [5.41, 5.74) is 3.16. The molecule has 1 aromatic carbocycles. The van der Waals surface area contributed by atoms with Gasteiger partial charge in [0.1, 0.15) is 0 Å². The molecule has 4 nitrogen and oxygen atoms in total. The molecule has 2 fully saturated rings. The van der Waals surface area contributed by atoms with Crippen LogP contribution in [0.1, 0.15) is 50.2 Å². The number of hydrogen-bond donors (Lipinski definition) is 1. The second-order valence-corrected chi connectivity index (χ2v) is 8.03. The molecule has 26 heavy (non-hydrogen) atoms. The summed E-state index contributed by atoms with van der Waals surface area (Å²) in [7, 11) is 2.17. The van der Waals surface area contributed by atoms with Crippen molar-refractivity contribution in [3.63, 3.8) is 0 Å². The van der Waals surface area contributed by atoms with Gasteiger partial charge in [-0.2, -0.15) is 0 Å². The molecule has 0 unspecified atom stereocenters. The molecule has 4 heteroatoms. The van der Waals surface area contributed by atoms with Gasteiger partial charge in [0.25, 0.3) is 0 Å². The maximum atomic E-state index is 5.48. The molecule has 1 aliphatic carbocycles. The summed E-state index contributed by atoms with van der Waals surface area (Å²) in [6, 6.07) is 8.81. The minimum atomic E-state index is 0.271. The molecule has 1 aliphatic heterocycles. The van der Waals surface area contributed by atoms with E-state index in [2.05, 4.69) is 55.4 Å². The zero-order chi connectivity index (χ0) is 18.4. The van der Waals surface area contributed by atoms with Crippen LogP contribution in [-0.2, 0) is 10.2 Å². The van der Waals surface area contributed by atoms with Crippen LogP contribution < -0.4 is 5.32 Å². The van der Waals surface area contributed by atoms with Gasteiger partial charge in [-0.15, -0.1) is 0 Å². The summed E-state index contributed by atoms with van der Waals surface area (Å²) >= 11 is 0. The van der Waals surface area contributed by atoms with Gasteiger partial charge in [0.15, 0.2) is 5.96 Å². The monoisotopic (exact) mass is 357 g/mol. The summed E-state index contributed by atoms with van der Waals surface area (Å²) in [6.45, 7) is 9.11. The molecule has 0 radical (unpaired) electrons. The van der Waals surface area contributed by atoms with Gasteiger partial charge in [0, 0.05) is 38.8 Å². The fourth-order valence-electron chi connectivity index (χ4n) is 4.04. The zero-order valence-electron chi connectivity index (χ0n) is 16.8. The standard InChI is InChI=1S/C22H35N3O/c1-4-23-21(25(3)14-9-19-10-15-26-16-11-19)24-17-22(12-13-22)20-8-6-5-7-18(20)2/h5-8,19H,4,9-17H2,1-3H3,(H,23,24). The van der Waals surface area contributed by atoms with Crippen LogP contribution in [0, 0.1) is 12.8 Å². The largest absolute Gasteiger partial charge is 0.381 e. The van der Waals surface area contributed by atoms with E-state index in [1.54, 1.807) is 0 Å². The van der Waals surface area contributed by atoms with Crippen molar-refractivity contribution in [3.05, 3.63) is 35.4 Å². The highest BCUT2D eigenvalue weighted by Gasteiger charge is 2.44. The molecule has 0 bridgehead atoms. The lowest BCUT2D eigenvalue weighted by molar-refractivity contribution is 0.0625. The smallest absolute Gasteiger partial charge is 0.193 e. The molecule has 0 amide bonds. The Balaban J connectivity index is 1.60. The van der Waals surface area contributed by atoms with E-state index in [0.29, 0.717) is 0 Å². The fraction of sp³-hybridized carbons (Fsp3) is 0.682. The molecular weight excluding hydrogens is 322 g/mol. The number of hydrogen-bond acceptors (Lipinski definition) is 2. The Labute approximate surface area is 159 Å². The van der Waals surface area contributed by atoms with Crippen molar-refractivity contribution < 1.29 is 4.74 Å². The first-order chi connectivity index (χ1) is 12.6. The van der Waals surface area contributed by atoms with E-state index >= 15 is 0 Å². The molecule has 1 N–H and O–H groups in total. The normalized spacial score (nSPS) is 20.0. The predicted octanol–water partition coefficient (Wildman–Crippen LogP) is 3.74. The van der Waals surface area contributed by atoms with Gasteiger partial charge in [-0.3, -0.25) is 4.99 Å². The van der Waals surface area contributed by atoms with Crippen LogP contribution in [-0.4, -0.2) is 50.8 Å². The minimum absolute atomic E-state index is 0.271. The summed E-state index contributed by atoms with van der Waals surface area (Å²) in [5.74, 6) is 1.86. The number of rotatable bonds is 7. The van der Waals surface area contributed by atoms with Crippen molar-refractivity contribution in [1.29, 1.82) is 0 Å². The number of guanidine groups is 1. The Kier molecular flexibility index (Phi) is 6.58. The molecule has 3 rings (SSSR count). The second-order valence-electron chi connectivity index (χ2n) is 8.03. The molecule has 1 saturated heterocycles. The number of nitrogens with one attached hydrogen (secondary N) is 1. The van der Waals surface area contributed by atoms with E-state index in [1.165, 1.54) is 43.2 Å². The maximum Gasteiger partial charge on any atom is 0.193 e. The Bertz CT molecular complexity index is 603. The topological polar surface area (TPSA) is 36.9 Å². The molecule has 1 aromatic rings. The fourth-order valence-corrected chi connectivity index (χ4v) is 4.04. The van der Waals surface area contributed by atoms with E-state index in [0.717, 1.165) is 44.7 Å². The quantitative estimate of drug-likeness (QED) is 0.597. The average molecular weight is 358 g/mol. The number of ether oxygens (including phenoxy) is 1. The Morgan fingerprint density at radius 2 is 2.00 bits per heavy atom. The number of benzene rings is 1. The van der Waals surface area contributed by atoms with E-state index in [9.17, 15) is 0 Å². The molecule has 2 aliphatic rings. The van der Waals surface area contributed by atoms with Crippen LogP contribution in [0.4, 0.5) is 0 Å². The lowest BCUT2D eigenvalue weighted by atomic mass is 9.92. The molecule has 0 aromatic heterocycles. The lowest BCUT2D eigenvalue weighted by Crippen LogP contribution is -2.40. The molecule has 1 heterocycles. The summed E-state index contributed by atoms with van der Waals surface area (Å²) in [6.07, 6.45) is 6.15. The Morgan fingerprint density at radius 1 is 1.27 bits per heavy atom. The lowest BCUT2D eigenvalue weighted by Gasteiger charge is -2.27. The average Bonchev–Trinajstić information content (AvgIpc) is 3.45. The third kappa shape index (κ3) is 4.79. The molecule has 1 saturated carbocycles. The zero-order valence-corrected chi connectivity index (χ0v) is 16.8. The number of nitrogens with zero attached hydrogens (tertiary/aromatic N) is 2. The SMILES string of the molecule is CCNC(=NCC1(c2ccccc2C)CC1)N(C)CCC1CCOCC1.